The number of piperazine rings is 1. The molecule has 33 heavy (non-hydrogen) atoms. The van der Waals surface area contributed by atoms with Crippen LogP contribution in [0.1, 0.15) is 24.5 Å². The number of nitrogens with two attached hydrogens (primary N) is 1. The standard InChI is InChI=1S/C26H26ClN5O/c1-2-24-26(33)32(15-18-4-8-22-23(12-18)29-16-30-25(22)28)10-9-31(24)14-17-3-5-20-13-21(27)7-6-19(20)11-17/h3-8,11-13,16,24H,2,9-10,14-15H2,1H3,(H2,28,29,30). The van der Waals surface area contributed by atoms with Crippen LogP contribution in [0.2, 0.25) is 5.02 Å². The lowest BCUT2D eigenvalue weighted by Gasteiger charge is -2.40. The molecule has 2 N–H and O–H groups in total. The Kier molecular flexibility index (Phi) is 5.87. The van der Waals surface area contributed by atoms with Crippen LogP contribution in [0.5, 0.6) is 0 Å². The number of hydrogen-bond acceptors (Lipinski definition) is 5. The summed E-state index contributed by atoms with van der Waals surface area (Å²) in [6.07, 6.45) is 2.25. The van der Waals surface area contributed by atoms with E-state index in [2.05, 4.69) is 40.0 Å². The molecule has 1 atom stereocenters. The molecule has 168 valence electrons. The Balaban J connectivity index is 1.31. The monoisotopic (exact) mass is 459 g/mol. The normalized spacial score (nSPS) is 17.2. The Morgan fingerprint density at radius 3 is 2.58 bits per heavy atom. The summed E-state index contributed by atoms with van der Waals surface area (Å²) < 4.78 is 0. The molecule has 7 heteroatoms. The minimum atomic E-state index is -0.127. The molecule has 1 aliphatic rings. The molecule has 2 heterocycles. The molecule has 0 spiro atoms. The van der Waals surface area contributed by atoms with Gasteiger partial charge in [0.25, 0.3) is 0 Å². The van der Waals surface area contributed by atoms with Crippen LogP contribution in [0.4, 0.5) is 5.82 Å². The van der Waals surface area contributed by atoms with Crippen LogP contribution in [0, 0.1) is 0 Å². The van der Waals surface area contributed by atoms with Crippen LogP contribution in [0.15, 0.2) is 60.9 Å². The van der Waals surface area contributed by atoms with Crippen molar-refractivity contribution >= 4 is 45.0 Å². The summed E-state index contributed by atoms with van der Waals surface area (Å²) in [7, 11) is 0. The average molecular weight is 460 g/mol. The fraction of sp³-hybridized carbons (Fsp3) is 0.269. The minimum Gasteiger partial charge on any atom is -0.383 e. The number of carbonyl (C=O) groups is 1. The van der Waals surface area contributed by atoms with Gasteiger partial charge in [-0.05, 0) is 58.7 Å². The molecule has 1 aromatic heterocycles. The minimum absolute atomic E-state index is 0.127. The molecule has 4 aromatic rings. The van der Waals surface area contributed by atoms with Crippen LogP contribution in [0.3, 0.4) is 0 Å². The zero-order valence-corrected chi connectivity index (χ0v) is 19.3. The molecule has 1 unspecified atom stereocenters. The number of hydrogen-bond donors (Lipinski definition) is 1. The van der Waals surface area contributed by atoms with Crippen molar-refractivity contribution in [2.45, 2.75) is 32.5 Å². The molecule has 1 saturated heterocycles. The van der Waals surface area contributed by atoms with Crippen molar-refractivity contribution < 1.29 is 4.79 Å². The number of fused-ring (bicyclic) bond motifs is 2. The van der Waals surface area contributed by atoms with Gasteiger partial charge in [0.05, 0.1) is 11.6 Å². The van der Waals surface area contributed by atoms with E-state index in [1.54, 1.807) is 0 Å². The highest BCUT2D eigenvalue weighted by atomic mass is 35.5. The maximum atomic E-state index is 13.4. The van der Waals surface area contributed by atoms with E-state index in [4.69, 9.17) is 17.3 Å². The first kappa shape index (κ1) is 21.6. The van der Waals surface area contributed by atoms with Crippen molar-refractivity contribution in [2.24, 2.45) is 0 Å². The van der Waals surface area contributed by atoms with Crippen LogP contribution >= 0.6 is 11.6 Å². The summed E-state index contributed by atoms with van der Waals surface area (Å²) in [5.74, 6) is 0.651. The molecule has 0 saturated carbocycles. The fourth-order valence-corrected chi connectivity index (χ4v) is 4.88. The van der Waals surface area contributed by atoms with E-state index in [9.17, 15) is 4.79 Å². The molecule has 1 aliphatic heterocycles. The van der Waals surface area contributed by atoms with E-state index in [1.165, 1.54) is 11.9 Å². The summed E-state index contributed by atoms with van der Waals surface area (Å²) in [6, 6.07) is 18.2. The van der Waals surface area contributed by atoms with Crippen molar-refractivity contribution in [3.05, 3.63) is 77.1 Å². The smallest absolute Gasteiger partial charge is 0.240 e. The predicted octanol–water partition coefficient (Wildman–Crippen LogP) is 4.64. The molecular formula is C26H26ClN5O. The maximum absolute atomic E-state index is 13.4. The van der Waals surface area contributed by atoms with E-state index in [-0.39, 0.29) is 11.9 Å². The Morgan fingerprint density at radius 1 is 0.970 bits per heavy atom. The second kappa shape index (κ2) is 8.96. The lowest BCUT2D eigenvalue weighted by molar-refractivity contribution is -0.143. The Bertz CT molecular complexity index is 1340. The number of carbonyl (C=O) groups excluding carboxylic acids is 1. The highest BCUT2D eigenvalue weighted by Gasteiger charge is 2.33. The highest BCUT2D eigenvalue weighted by molar-refractivity contribution is 6.31. The van der Waals surface area contributed by atoms with Gasteiger partial charge in [-0.3, -0.25) is 9.69 Å². The third kappa shape index (κ3) is 4.36. The maximum Gasteiger partial charge on any atom is 0.240 e. The van der Waals surface area contributed by atoms with Crippen LogP contribution in [0.25, 0.3) is 21.7 Å². The zero-order chi connectivity index (χ0) is 22.9. The van der Waals surface area contributed by atoms with Gasteiger partial charge in [-0.2, -0.15) is 0 Å². The SMILES string of the molecule is CCC1C(=O)N(Cc2ccc3c(N)ncnc3c2)CCN1Cc1ccc2cc(Cl)ccc2c1. The van der Waals surface area contributed by atoms with Gasteiger partial charge in [-0.25, -0.2) is 9.97 Å². The first-order chi connectivity index (χ1) is 16.0. The van der Waals surface area contributed by atoms with Gasteiger partial charge in [0, 0.05) is 36.6 Å². The second-order valence-electron chi connectivity index (χ2n) is 8.59. The molecule has 0 aliphatic carbocycles. The number of amides is 1. The molecule has 1 fully saturated rings. The summed E-state index contributed by atoms with van der Waals surface area (Å²) in [4.78, 5) is 26.0. The molecular weight excluding hydrogens is 434 g/mol. The summed E-state index contributed by atoms with van der Waals surface area (Å²) in [5, 5.41) is 3.86. The second-order valence-corrected chi connectivity index (χ2v) is 9.03. The molecule has 0 radical (unpaired) electrons. The van der Waals surface area contributed by atoms with Gasteiger partial charge < -0.3 is 10.6 Å². The lowest BCUT2D eigenvalue weighted by Crippen LogP contribution is -2.55. The van der Waals surface area contributed by atoms with Crippen LogP contribution in [-0.4, -0.2) is 44.8 Å². The Hall–Kier alpha value is -3.22. The summed E-state index contributed by atoms with van der Waals surface area (Å²) >= 11 is 6.11. The van der Waals surface area contributed by atoms with Crippen molar-refractivity contribution in [1.82, 2.24) is 19.8 Å². The topological polar surface area (TPSA) is 75.3 Å². The molecule has 1 amide bonds. The van der Waals surface area contributed by atoms with E-state index in [0.717, 1.165) is 51.8 Å². The Morgan fingerprint density at radius 2 is 1.73 bits per heavy atom. The summed E-state index contributed by atoms with van der Waals surface area (Å²) in [6.45, 7) is 4.94. The molecule has 3 aromatic carbocycles. The first-order valence-electron chi connectivity index (χ1n) is 11.2. The van der Waals surface area contributed by atoms with Crippen molar-refractivity contribution in [3.63, 3.8) is 0 Å². The number of halogens is 1. The van der Waals surface area contributed by atoms with E-state index in [0.29, 0.717) is 18.9 Å². The third-order valence-corrected chi connectivity index (χ3v) is 6.67. The molecule has 6 nitrogen and oxygen atoms in total. The first-order valence-corrected chi connectivity index (χ1v) is 11.6. The van der Waals surface area contributed by atoms with Gasteiger partial charge in [-0.1, -0.05) is 42.8 Å². The summed E-state index contributed by atoms with van der Waals surface area (Å²) in [5.41, 5.74) is 8.99. The van der Waals surface area contributed by atoms with Crippen molar-refractivity contribution in [2.75, 3.05) is 18.8 Å². The van der Waals surface area contributed by atoms with Gasteiger partial charge >= 0.3 is 0 Å². The molecule has 0 bridgehead atoms. The van der Waals surface area contributed by atoms with E-state index < -0.39 is 0 Å². The van der Waals surface area contributed by atoms with Crippen molar-refractivity contribution in [3.8, 4) is 0 Å². The largest absolute Gasteiger partial charge is 0.383 e. The molecule has 5 rings (SSSR count). The number of nitrogens with zero attached hydrogens (tertiary/aromatic N) is 4. The zero-order valence-electron chi connectivity index (χ0n) is 18.5. The van der Waals surface area contributed by atoms with Gasteiger partial charge in [0.15, 0.2) is 0 Å². The van der Waals surface area contributed by atoms with Gasteiger partial charge in [0.1, 0.15) is 12.1 Å². The van der Waals surface area contributed by atoms with Crippen molar-refractivity contribution in [1.29, 1.82) is 0 Å². The van der Waals surface area contributed by atoms with Crippen LogP contribution in [-0.2, 0) is 17.9 Å². The van der Waals surface area contributed by atoms with Gasteiger partial charge in [0.2, 0.25) is 5.91 Å². The Labute approximate surface area is 198 Å². The highest BCUT2D eigenvalue weighted by Crippen LogP contribution is 2.25. The number of benzene rings is 3. The third-order valence-electron chi connectivity index (χ3n) is 6.44. The van der Waals surface area contributed by atoms with Crippen LogP contribution < -0.4 is 5.73 Å². The fourth-order valence-electron chi connectivity index (χ4n) is 4.70. The number of anilines is 1. The quantitative estimate of drug-likeness (QED) is 0.470. The number of aromatic nitrogens is 2. The van der Waals surface area contributed by atoms with Gasteiger partial charge in [-0.15, -0.1) is 0 Å². The number of nitrogen functional groups attached to an aromatic ring is 1. The van der Waals surface area contributed by atoms with E-state index >= 15 is 0 Å². The number of rotatable bonds is 5. The lowest BCUT2D eigenvalue weighted by atomic mass is 10.0. The average Bonchev–Trinajstić information content (AvgIpc) is 2.81. The van der Waals surface area contributed by atoms with E-state index in [1.807, 2.05) is 41.3 Å². The predicted molar refractivity (Wildman–Crippen MR) is 133 cm³/mol.